The molecule has 2 rings (SSSR count). The molecule has 2 N–H and O–H groups in total. The lowest BCUT2D eigenvalue weighted by Crippen LogP contribution is -2.03. The van der Waals surface area contributed by atoms with Gasteiger partial charge in [-0.3, -0.25) is 4.79 Å². The second-order valence-electron chi connectivity index (χ2n) is 2.94. The van der Waals surface area contributed by atoms with E-state index in [1.807, 2.05) is 0 Å². The lowest BCUT2D eigenvalue weighted by atomic mass is 9.96. The van der Waals surface area contributed by atoms with E-state index in [9.17, 15) is 9.90 Å². The summed E-state index contributed by atoms with van der Waals surface area (Å²) >= 11 is 0. The Morgan fingerprint density at radius 1 is 1.31 bits per heavy atom. The third-order valence-electron chi connectivity index (χ3n) is 2.02. The van der Waals surface area contributed by atoms with E-state index < -0.39 is 0 Å². The van der Waals surface area contributed by atoms with Crippen LogP contribution in [0.2, 0.25) is 0 Å². The van der Waals surface area contributed by atoms with Crippen molar-refractivity contribution in [2.75, 3.05) is 0 Å². The van der Waals surface area contributed by atoms with Crippen molar-refractivity contribution >= 4 is 5.78 Å². The molecular weight excluding hydrogens is 166 g/mol. The fourth-order valence-corrected chi connectivity index (χ4v) is 1.38. The number of hydrogen-bond acceptors (Lipinski definition) is 3. The smallest absolute Gasteiger partial charge is 0.160 e. The first-order valence-corrected chi connectivity index (χ1v) is 4.03. The normalized spacial score (nSPS) is 20.6. The van der Waals surface area contributed by atoms with Crippen molar-refractivity contribution in [3.05, 3.63) is 47.5 Å². The van der Waals surface area contributed by atoms with Gasteiger partial charge in [-0.2, -0.15) is 0 Å². The number of carbonyl (C=O) groups is 1. The molecule has 0 radical (unpaired) electrons. The molecule has 3 nitrogen and oxygen atoms in total. The van der Waals surface area contributed by atoms with Crippen LogP contribution in [-0.4, -0.2) is 10.9 Å². The van der Waals surface area contributed by atoms with Crippen LogP contribution in [0.4, 0.5) is 0 Å². The largest absolute Gasteiger partial charge is 0.506 e. The molecular formula is C10H9NO2. The summed E-state index contributed by atoms with van der Waals surface area (Å²) in [5, 5.41) is 12.3. The first-order valence-electron chi connectivity index (χ1n) is 4.03. The predicted molar refractivity (Wildman–Crippen MR) is 48.8 cm³/mol. The second-order valence-corrected chi connectivity index (χ2v) is 2.94. The molecule has 3 heteroatoms. The van der Waals surface area contributed by atoms with Gasteiger partial charge < -0.3 is 10.4 Å². The molecule has 66 valence electrons. The number of allylic oxidation sites excluding steroid dienone is 4. The average molecular weight is 175 g/mol. The van der Waals surface area contributed by atoms with E-state index >= 15 is 0 Å². The van der Waals surface area contributed by atoms with Crippen LogP contribution in [0.5, 0.6) is 0 Å². The van der Waals surface area contributed by atoms with Gasteiger partial charge in [-0.25, -0.2) is 0 Å². The van der Waals surface area contributed by atoms with Crippen LogP contribution in [-0.2, 0) is 4.79 Å². The zero-order chi connectivity index (χ0) is 9.26. The van der Waals surface area contributed by atoms with E-state index in [-0.39, 0.29) is 11.5 Å². The molecule has 1 aliphatic heterocycles. The molecule has 1 aliphatic carbocycles. The molecule has 0 unspecified atom stereocenters. The van der Waals surface area contributed by atoms with Gasteiger partial charge >= 0.3 is 0 Å². The van der Waals surface area contributed by atoms with Gasteiger partial charge in [-0.05, 0) is 23.8 Å². The highest BCUT2D eigenvalue weighted by Gasteiger charge is 2.15. The molecule has 0 bridgehead atoms. The Hall–Kier alpha value is -1.77. The Kier molecular flexibility index (Phi) is 1.77. The molecule has 0 amide bonds. The fraction of sp³-hybridized carbons (Fsp3) is 0.100. The van der Waals surface area contributed by atoms with Crippen LogP contribution < -0.4 is 5.32 Å². The molecule has 13 heavy (non-hydrogen) atoms. The first kappa shape index (κ1) is 7.86. The lowest BCUT2D eigenvalue weighted by molar-refractivity contribution is -0.114. The molecule has 0 aromatic carbocycles. The number of rotatable bonds is 0. The van der Waals surface area contributed by atoms with Gasteiger partial charge in [0.15, 0.2) is 5.78 Å². The topological polar surface area (TPSA) is 49.3 Å². The molecule has 0 saturated carbocycles. The van der Waals surface area contributed by atoms with Gasteiger partial charge in [0.1, 0.15) is 5.76 Å². The zero-order valence-corrected chi connectivity index (χ0v) is 6.95. The molecule has 0 aromatic heterocycles. The molecule has 1 heterocycles. The van der Waals surface area contributed by atoms with Crippen LogP contribution in [0.3, 0.4) is 0 Å². The average Bonchev–Trinajstić information content (AvgIpc) is 2.28. The summed E-state index contributed by atoms with van der Waals surface area (Å²) in [5.74, 6) is 0.238. The number of carbonyl (C=O) groups excluding carboxylic acids is 1. The number of nitrogens with one attached hydrogen (secondary N) is 1. The summed E-state index contributed by atoms with van der Waals surface area (Å²) in [6.07, 6.45) is 8.49. The maximum absolute atomic E-state index is 11.1. The number of aliphatic hydroxyl groups excluding tert-OH is 1. The molecule has 0 fully saturated rings. The molecule has 0 saturated heterocycles. The van der Waals surface area contributed by atoms with Crippen LogP contribution in [0.1, 0.15) is 6.42 Å². The van der Waals surface area contributed by atoms with E-state index in [0.29, 0.717) is 6.42 Å². The second kappa shape index (κ2) is 2.94. The van der Waals surface area contributed by atoms with Crippen LogP contribution in [0, 0.1) is 0 Å². The van der Waals surface area contributed by atoms with Gasteiger partial charge in [0.25, 0.3) is 0 Å². The summed E-state index contributed by atoms with van der Waals surface area (Å²) in [7, 11) is 0. The van der Waals surface area contributed by atoms with Gasteiger partial charge in [-0.15, -0.1) is 0 Å². The van der Waals surface area contributed by atoms with E-state index in [2.05, 4.69) is 5.32 Å². The number of aliphatic hydroxyl groups is 1. The minimum Gasteiger partial charge on any atom is -0.506 e. The molecule has 0 aromatic rings. The highest BCUT2D eigenvalue weighted by atomic mass is 16.3. The first-order chi connectivity index (χ1) is 6.27. The Labute approximate surface area is 75.8 Å². The van der Waals surface area contributed by atoms with Crippen molar-refractivity contribution in [2.24, 2.45) is 0 Å². The van der Waals surface area contributed by atoms with E-state index in [0.717, 1.165) is 11.1 Å². The molecule has 0 spiro atoms. The third-order valence-corrected chi connectivity index (χ3v) is 2.02. The van der Waals surface area contributed by atoms with Gasteiger partial charge in [0.05, 0.1) is 0 Å². The van der Waals surface area contributed by atoms with Gasteiger partial charge in [0.2, 0.25) is 0 Å². The summed E-state index contributed by atoms with van der Waals surface area (Å²) < 4.78 is 0. The van der Waals surface area contributed by atoms with E-state index in [4.69, 9.17) is 0 Å². The Morgan fingerprint density at radius 3 is 3.00 bits per heavy atom. The quantitative estimate of drug-likeness (QED) is 0.584. The van der Waals surface area contributed by atoms with Crippen molar-refractivity contribution in [1.29, 1.82) is 0 Å². The summed E-state index contributed by atoms with van der Waals surface area (Å²) in [6.45, 7) is 0. The highest BCUT2D eigenvalue weighted by Crippen LogP contribution is 2.23. The molecule has 2 aliphatic rings. The predicted octanol–water partition coefficient (Wildman–Crippen LogP) is 1.33. The zero-order valence-electron chi connectivity index (χ0n) is 6.95. The Bertz CT molecular complexity index is 372. The minimum absolute atomic E-state index is 0.0677. The minimum atomic E-state index is 0.0677. The van der Waals surface area contributed by atoms with Gasteiger partial charge in [-0.1, -0.05) is 0 Å². The highest BCUT2D eigenvalue weighted by molar-refractivity contribution is 5.94. The lowest BCUT2D eigenvalue weighted by Gasteiger charge is -2.09. The monoisotopic (exact) mass is 175 g/mol. The van der Waals surface area contributed by atoms with Crippen molar-refractivity contribution in [1.82, 2.24) is 5.32 Å². The van der Waals surface area contributed by atoms with Crippen molar-refractivity contribution in [2.45, 2.75) is 6.42 Å². The van der Waals surface area contributed by atoms with E-state index in [1.54, 1.807) is 18.4 Å². The third kappa shape index (κ3) is 1.40. The fourth-order valence-electron chi connectivity index (χ4n) is 1.38. The summed E-state index contributed by atoms with van der Waals surface area (Å²) in [6, 6.07) is 0. The molecule has 0 atom stereocenters. The van der Waals surface area contributed by atoms with Crippen molar-refractivity contribution in [3.63, 3.8) is 0 Å². The SMILES string of the molecule is O=C1C=CC2=C(C=CNC=C2O)C1. The summed E-state index contributed by atoms with van der Waals surface area (Å²) in [4.78, 5) is 11.1. The summed E-state index contributed by atoms with van der Waals surface area (Å²) in [5.41, 5.74) is 1.58. The van der Waals surface area contributed by atoms with Crippen molar-refractivity contribution < 1.29 is 9.90 Å². The maximum Gasteiger partial charge on any atom is 0.160 e. The standard InChI is InChI=1S/C10H9NO2/c12-8-1-2-9-7(5-8)3-4-11-6-10(9)13/h1-4,6,11,13H,5H2. The van der Waals surface area contributed by atoms with Crippen LogP contribution >= 0.6 is 0 Å². The van der Waals surface area contributed by atoms with Gasteiger partial charge in [0, 0.05) is 24.4 Å². The Morgan fingerprint density at radius 2 is 2.15 bits per heavy atom. The maximum atomic E-state index is 11.1. The van der Waals surface area contributed by atoms with Crippen LogP contribution in [0.15, 0.2) is 47.5 Å². The van der Waals surface area contributed by atoms with Crippen LogP contribution in [0.25, 0.3) is 0 Å². The Balaban J connectivity index is 2.47. The van der Waals surface area contributed by atoms with E-state index in [1.165, 1.54) is 12.3 Å². The van der Waals surface area contributed by atoms with Crippen molar-refractivity contribution in [3.8, 4) is 0 Å². The number of ketones is 1. The number of hydrogen-bond donors (Lipinski definition) is 2.